The first kappa shape index (κ1) is 23.4. The summed E-state index contributed by atoms with van der Waals surface area (Å²) in [5, 5.41) is 6.74. The molecule has 3 rings (SSSR count). The van der Waals surface area contributed by atoms with Gasteiger partial charge in [-0.1, -0.05) is 28.4 Å². The number of oxime groups is 1. The van der Waals surface area contributed by atoms with Crippen molar-refractivity contribution in [3.63, 3.8) is 0 Å². The van der Waals surface area contributed by atoms with E-state index in [0.717, 1.165) is 0 Å². The summed E-state index contributed by atoms with van der Waals surface area (Å²) >= 11 is 12.1. The molecule has 0 spiro atoms. The highest BCUT2D eigenvalue weighted by atomic mass is 35.5. The van der Waals surface area contributed by atoms with E-state index < -0.39 is 23.8 Å². The van der Waals surface area contributed by atoms with E-state index in [1.165, 1.54) is 45.8 Å². The monoisotopic (exact) mass is 483 g/mol. The molecule has 2 aromatic rings. The molecule has 0 radical (unpaired) electrons. The van der Waals surface area contributed by atoms with Crippen LogP contribution in [0.1, 0.15) is 17.3 Å². The minimum Gasteiger partial charge on any atom is -0.493 e. The van der Waals surface area contributed by atoms with E-state index in [0.29, 0.717) is 5.75 Å². The van der Waals surface area contributed by atoms with Crippen LogP contribution in [-0.4, -0.2) is 49.9 Å². The molecule has 0 aliphatic carbocycles. The zero-order valence-corrected chi connectivity index (χ0v) is 18.8. The van der Waals surface area contributed by atoms with Crippen LogP contribution in [0.25, 0.3) is 0 Å². The van der Waals surface area contributed by atoms with Crippen molar-refractivity contribution in [1.82, 2.24) is 4.98 Å². The van der Waals surface area contributed by atoms with Crippen molar-refractivity contribution in [2.24, 2.45) is 11.1 Å². The quantitative estimate of drug-likeness (QED) is 0.583. The number of ether oxygens (including phenoxy) is 4. The molecule has 0 fully saturated rings. The van der Waals surface area contributed by atoms with Gasteiger partial charge in [0.1, 0.15) is 12.5 Å². The fourth-order valence-electron chi connectivity index (χ4n) is 2.73. The number of pyridine rings is 1. The van der Waals surface area contributed by atoms with Crippen LogP contribution < -0.4 is 14.8 Å². The molecule has 1 aromatic heterocycles. The Balaban J connectivity index is 1.76. The lowest BCUT2D eigenvalue weighted by molar-refractivity contribution is -0.207. The molecule has 1 amide bonds. The minimum absolute atomic E-state index is 0.000434. The molecule has 2 atom stereocenters. The standard InChI is InChI=1S/C20H19Cl2N3O7/c1-20(31-19(27)29-3)12(7-24-32-20)10-30-16-6-11(4-5-15(16)28-2)18(26)25-17-13(21)8-23-9-14(17)22/h4-9,12H,10H2,1-3H3,(H,23,25,26). The number of anilines is 1. The number of carbonyl (C=O) groups is 2. The fraction of sp³-hybridized carbons (Fsp3) is 0.300. The van der Waals surface area contributed by atoms with Crippen LogP contribution in [-0.2, 0) is 14.3 Å². The van der Waals surface area contributed by atoms with Crippen molar-refractivity contribution < 1.29 is 33.4 Å². The highest BCUT2D eigenvalue weighted by Gasteiger charge is 2.45. The third-order valence-corrected chi connectivity index (χ3v) is 5.11. The number of rotatable bonds is 7. The van der Waals surface area contributed by atoms with Gasteiger partial charge in [-0.05, 0) is 18.2 Å². The first-order valence-corrected chi connectivity index (χ1v) is 9.92. The molecule has 0 saturated carbocycles. The van der Waals surface area contributed by atoms with E-state index in [-0.39, 0.29) is 33.7 Å². The van der Waals surface area contributed by atoms with Gasteiger partial charge in [0.2, 0.25) is 0 Å². The summed E-state index contributed by atoms with van der Waals surface area (Å²) < 4.78 is 20.8. The van der Waals surface area contributed by atoms with E-state index in [1.807, 2.05) is 0 Å². The Bertz CT molecular complexity index is 1030. The topological polar surface area (TPSA) is 118 Å². The minimum atomic E-state index is -1.41. The molecule has 12 heteroatoms. The zero-order chi connectivity index (χ0) is 23.3. The van der Waals surface area contributed by atoms with E-state index in [2.05, 4.69) is 20.2 Å². The van der Waals surface area contributed by atoms with E-state index in [9.17, 15) is 9.59 Å². The fourth-order valence-corrected chi connectivity index (χ4v) is 3.19. The molecule has 10 nitrogen and oxygen atoms in total. The number of amides is 1. The first-order chi connectivity index (χ1) is 15.3. The third-order valence-electron chi connectivity index (χ3n) is 4.54. The van der Waals surface area contributed by atoms with Crippen LogP contribution in [0.4, 0.5) is 10.5 Å². The molecule has 1 aliphatic rings. The lowest BCUT2D eigenvalue weighted by Crippen LogP contribution is -2.41. The molecule has 1 aromatic carbocycles. The molecule has 0 bridgehead atoms. The number of halogens is 2. The second-order valence-corrected chi connectivity index (χ2v) is 7.45. The number of nitrogens with one attached hydrogen (secondary N) is 1. The summed E-state index contributed by atoms with van der Waals surface area (Å²) in [6, 6.07) is 4.61. The maximum atomic E-state index is 12.7. The van der Waals surface area contributed by atoms with Crippen LogP contribution in [0.15, 0.2) is 35.7 Å². The number of hydrogen-bond donors (Lipinski definition) is 1. The van der Waals surface area contributed by atoms with E-state index >= 15 is 0 Å². The van der Waals surface area contributed by atoms with Crippen LogP contribution in [0, 0.1) is 5.92 Å². The summed E-state index contributed by atoms with van der Waals surface area (Å²) in [7, 11) is 2.64. The highest BCUT2D eigenvalue weighted by Crippen LogP contribution is 2.33. The first-order valence-electron chi connectivity index (χ1n) is 9.17. The van der Waals surface area contributed by atoms with Crippen LogP contribution in [0.5, 0.6) is 11.5 Å². The number of benzene rings is 1. The normalized spacial score (nSPS) is 19.1. The number of aromatic nitrogens is 1. The number of nitrogens with zero attached hydrogens (tertiary/aromatic N) is 2. The molecular weight excluding hydrogens is 465 g/mol. The van der Waals surface area contributed by atoms with Crippen LogP contribution in [0.2, 0.25) is 10.0 Å². The Morgan fingerprint density at radius 2 is 1.91 bits per heavy atom. The van der Waals surface area contributed by atoms with Gasteiger partial charge in [-0.2, -0.15) is 0 Å². The van der Waals surface area contributed by atoms with Gasteiger partial charge in [0, 0.05) is 24.9 Å². The van der Waals surface area contributed by atoms with Gasteiger partial charge in [-0.15, -0.1) is 0 Å². The van der Waals surface area contributed by atoms with Gasteiger partial charge in [-0.3, -0.25) is 9.78 Å². The van der Waals surface area contributed by atoms with Crippen molar-refractivity contribution in [2.75, 3.05) is 26.1 Å². The molecule has 1 aliphatic heterocycles. The molecule has 32 heavy (non-hydrogen) atoms. The Kier molecular flexibility index (Phi) is 7.26. The number of carbonyl (C=O) groups excluding carboxylic acids is 2. The second-order valence-electron chi connectivity index (χ2n) is 6.63. The average Bonchev–Trinajstić information content (AvgIpc) is 3.14. The summed E-state index contributed by atoms with van der Waals surface area (Å²) in [5.74, 6) is -1.79. The predicted molar refractivity (Wildman–Crippen MR) is 116 cm³/mol. The Morgan fingerprint density at radius 1 is 1.19 bits per heavy atom. The van der Waals surface area contributed by atoms with Gasteiger partial charge in [-0.25, -0.2) is 4.79 Å². The molecule has 170 valence electrons. The van der Waals surface area contributed by atoms with Gasteiger partial charge in [0.25, 0.3) is 11.7 Å². The number of methoxy groups -OCH3 is 2. The zero-order valence-electron chi connectivity index (χ0n) is 17.3. The lowest BCUT2D eigenvalue weighted by atomic mass is 10.0. The SMILES string of the molecule is COC(=O)OC1(C)ON=CC1COc1cc(C(=O)Nc2c(Cl)cncc2Cl)ccc1OC. The summed E-state index contributed by atoms with van der Waals surface area (Å²) in [6.07, 6.45) is 3.25. The smallest absolute Gasteiger partial charge is 0.493 e. The molecule has 2 heterocycles. The Labute approximate surface area is 193 Å². The molecular formula is C20H19Cl2N3O7. The summed E-state index contributed by atoms with van der Waals surface area (Å²) in [5.41, 5.74) is 0.497. The molecule has 1 N–H and O–H groups in total. The van der Waals surface area contributed by atoms with Crippen molar-refractivity contribution in [3.05, 3.63) is 46.2 Å². The maximum Gasteiger partial charge on any atom is 0.511 e. The van der Waals surface area contributed by atoms with Gasteiger partial charge < -0.3 is 29.1 Å². The Morgan fingerprint density at radius 3 is 2.56 bits per heavy atom. The van der Waals surface area contributed by atoms with Crippen LogP contribution in [0.3, 0.4) is 0 Å². The van der Waals surface area contributed by atoms with Crippen molar-refractivity contribution in [3.8, 4) is 11.5 Å². The van der Waals surface area contributed by atoms with E-state index in [4.69, 9.17) is 42.3 Å². The summed E-state index contributed by atoms with van der Waals surface area (Å²) in [6.45, 7) is 1.52. The predicted octanol–water partition coefficient (Wildman–Crippen LogP) is 4.16. The van der Waals surface area contributed by atoms with E-state index in [1.54, 1.807) is 12.1 Å². The summed E-state index contributed by atoms with van der Waals surface area (Å²) in [4.78, 5) is 33.2. The van der Waals surface area contributed by atoms with Crippen LogP contribution >= 0.6 is 23.2 Å². The van der Waals surface area contributed by atoms with Crippen molar-refractivity contribution in [1.29, 1.82) is 0 Å². The average molecular weight is 484 g/mol. The maximum absolute atomic E-state index is 12.7. The van der Waals surface area contributed by atoms with Crippen molar-refractivity contribution in [2.45, 2.75) is 12.7 Å². The van der Waals surface area contributed by atoms with Gasteiger partial charge in [0.15, 0.2) is 11.5 Å². The third kappa shape index (κ3) is 5.14. The largest absolute Gasteiger partial charge is 0.511 e. The highest BCUT2D eigenvalue weighted by molar-refractivity contribution is 6.39. The van der Waals surface area contributed by atoms with Gasteiger partial charge >= 0.3 is 6.16 Å². The van der Waals surface area contributed by atoms with Gasteiger partial charge in [0.05, 0.1) is 36.2 Å². The molecule has 0 saturated heterocycles. The number of hydrogen-bond acceptors (Lipinski definition) is 9. The van der Waals surface area contributed by atoms with Crippen molar-refractivity contribution >= 4 is 47.2 Å². The molecule has 2 unspecified atom stereocenters. The lowest BCUT2D eigenvalue weighted by Gasteiger charge is -2.27. The second kappa shape index (κ2) is 9.92. The Hall–Kier alpha value is -3.24.